The third-order valence-electron chi connectivity index (χ3n) is 3.74. The van der Waals surface area contributed by atoms with Gasteiger partial charge in [-0.15, -0.1) is 0 Å². The summed E-state index contributed by atoms with van der Waals surface area (Å²) in [5.41, 5.74) is 1.10. The number of hydrogen-bond donors (Lipinski definition) is 0. The highest BCUT2D eigenvalue weighted by Crippen LogP contribution is 2.38. The predicted octanol–water partition coefficient (Wildman–Crippen LogP) is 4.19. The molecule has 1 aliphatic rings. The van der Waals surface area contributed by atoms with E-state index in [1.165, 1.54) is 0 Å². The molecule has 1 saturated heterocycles. The van der Waals surface area contributed by atoms with Crippen molar-refractivity contribution in [3.63, 3.8) is 0 Å². The Bertz CT molecular complexity index is 364. The molecule has 0 N–H and O–H groups in total. The summed E-state index contributed by atoms with van der Waals surface area (Å²) < 4.78 is 11.7. The molecule has 2 nitrogen and oxygen atoms in total. The van der Waals surface area contributed by atoms with Gasteiger partial charge in [0.15, 0.2) is 6.29 Å². The normalized spacial score (nSPS) is 20.4. The second-order valence-electron chi connectivity index (χ2n) is 4.68. The van der Waals surface area contributed by atoms with Gasteiger partial charge >= 0.3 is 0 Å². The summed E-state index contributed by atoms with van der Waals surface area (Å²) >= 11 is 6.14. The van der Waals surface area contributed by atoms with Gasteiger partial charge in [0.25, 0.3) is 0 Å². The van der Waals surface area contributed by atoms with Crippen molar-refractivity contribution in [2.75, 3.05) is 13.2 Å². The molecule has 1 aromatic rings. The molecule has 0 radical (unpaired) electrons. The van der Waals surface area contributed by atoms with Crippen LogP contribution < -0.4 is 0 Å². The maximum atomic E-state index is 6.14. The van der Waals surface area contributed by atoms with Gasteiger partial charge in [0.05, 0.1) is 13.2 Å². The van der Waals surface area contributed by atoms with Gasteiger partial charge in [0.2, 0.25) is 0 Å². The van der Waals surface area contributed by atoms with Crippen LogP contribution in [0.1, 0.15) is 38.5 Å². The molecule has 0 spiro atoms. The van der Waals surface area contributed by atoms with E-state index in [9.17, 15) is 0 Å². The van der Waals surface area contributed by atoms with Gasteiger partial charge in [-0.05, 0) is 18.9 Å². The predicted molar refractivity (Wildman–Crippen MR) is 69.1 cm³/mol. The van der Waals surface area contributed by atoms with Gasteiger partial charge in [-0.1, -0.05) is 43.6 Å². The second kappa shape index (κ2) is 5.38. The van der Waals surface area contributed by atoms with E-state index in [0.717, 1.165) is 31.6 Å². The lowest BCUT2D eigenvalue weighted by Crippen LogP contribution is -2.37. The average molecular weight is 255 g/mol. The standard InChI is InChI=1S/C14H19ClO2/c1-3-14(4-2)9-16-13(17-10-14)11-7-5-6-8-12(11)15/h5-8,13H,3-4,9-10H2,1-2H3. The van der Waals surface area contributed by atoms with Crippen LogP contribution in [0.25, 0.3) is 0 Å². The Morgan fingerprint density at radius 1 is 1.18 bits per heavy atom. The Morgan fingerprint density at radius 3 is 2.29 bits per heavy atom. The molecule has 0 atom stereocenters. The number of ether oxygens (including phenoxy) is 2. The summed E-state index contributed by atoms with van der Waals surface area (Å²) in [7, 11) is 0. The van der Waals surface area contributed by atoms with Crippen LogP contribution in [0, 0.1) is 5.41 Å². The minimum Gasteiger partial charge on any atom is -0.348 e. The fourth-order valence-electron chi connectivity index (χ4n) is 2.10. The third-order valence-corrected chi connectivity index (χ3v) is 4.09. The summed E-state index contributed by atoms with van der Waals surface area (Å²) in [5.74, 6) is 0. The largest absolute Gasteiger partial charge is 0.348 e. The molecular formula is C14H19ClO2. The molecule has 0 aromatic heterocycles. The highest BCUT2D eigenvalue weighted by atomic mass is 35.5. The van der Waals surface area contributed by atoms with Gasteiger partial charge in [-0.3, -0.25) is 0 Å². The highest BCUT2D eigenvalue weighted by molar-refractivity contribution is 6.31. The maximum absolute atomic E-state index is 6.14. The summed E-state index contributed by atoms with van der Waals surface area (Å²) in [6.07, 6.45) is 1.85. The van der Waals surface area contributed by atoms with Gasteiger partial charge in [-0.25, -0.2) is 0 Å². The van der Waals surface area contributed by atoms with E-state index in [0.29, 0.717) is 5.02 Å². The van der Waals surface area contributed by atoms with E-state index in [1.54, 1.807) is 0 Å². The summed E-state index contributed by atoms with van der Waals surface area (Å²) in [6.45, 7) is 5.86. The molecule has 0 unspecified atom stereocenters. The Hall–Kier alpha value is -0.570. The molecule has 1 heterocycles. The molecule has 94 valence electrons. The molecule has 0 amide bonds. The van der Waals surface area contributed by atoms with E-state index >= 15 is 0 Å². The fraction of sp³-hybridized carbons (Fsp3) is 0.571. The van der Waals surface area contributed by atoms with Crippen LogP contribution in [0.4, 0.5) is 0 Å². The lowest BCUT2D eigenvalue weighted by atomic mass is 9.83. The lowest BCUT2D eigenvalue weighted by Gasteiger charge is -2.39. The summed E-state index contributed by atoms with van der Waals surface area (Å²) in [6, 6.07) is 7.69. The van der Waals surface area contributed by atoms with Gasteiger partial charge in [-0.2, -0.15) is 0 Å². The topological polar surface area (TPSA) is 18.5 Å². The van der Waals surface area contributed by atoms with Gasteiger partial charge in [0.1, 0.15) is 0 Å². The number of hydrogen-bond acceptors (Lipinski definition) is 2. The molecular weight excluding hydrogens is 236 g/mol. The minimum absolute atomic E-state index is 0.178. The number of rotatable bonds is 3. The SMILES string of the molecule is CCC1(CC)COC(c2ccccc2Cl)OC1. The number of halogens is 1. The zero-order valence-corrected chi connectivity index (χ0v) is 11.2. The zero-order chi connectivity index (χ0) is 12.3. The Morgan fingerprint density at radius 2 is 1.76 bits per heavy atom. The van der Waals surface area contributed by atoms with E-state index in [-0.39, 0.29) is 11.7 Å². The van der Waals surface area contributed by atoms with Crippen LogP contribution in [-0.4, -0.2) is 13.2 Å². The van der Waals surface area contributed by atoms with E-state index in [1.807, 2.05) is 24.3 Å². The van der Waals surface area contributed by atoms with Crippen LogP contribution >= 0.6 is 11.6 Å². The summed E-state index contributed by atoms with van der Waals surface area (Å²) in [4.78, 5) is 0. The molecule has 3 heteroatoms. The average Bonchev–Trinajstić information content (AvgIpc) is 2.40. The molecule has 2 rings (SSSR count). The van der Waals surface area contributed by atoms with E-state index < -0.39 is 0 Å². The van der Waals surface area contributed by atoms with Crippen LogP contribution in [0.15, 0.2) is 24.3 Å². The quantitative estimate of drug-likeness (QED) is 0.805. The molecule has 1 aliphatic heterocycles. The fourth-order valence-corrected chi connectivity index (χ4v) is 2.32. The van der Waals surface area contributed by atoms with Gasteiger partial charge < -0.3 is 9.47 Å². The first-order valence-corrected chi connectivity index (χ1v) is 6.56. The molecule has 0 saturated carbocycles. The minimum atomic E-state index is -0.310. The smallest absolute Gasteiger partial charge is 0.185 e. The first-order chi connectivity index (χ1) is 8.21. The Kier molecular flexibility index (Phi) is 4.08. The third kappa shape index (κ3) is 2.65. The summed E-state index contributed by atoms with van der Waals surface area (Å²) in [5, 5.41) is 0.706. The van der Waals surface area contributed by atoms with Crippen LogP contribution in [0.5, 0.6) is 0 Å². The molecule has 1 aromatic carbocycles. The van der Waals surface area contributed by atoms with Crippen molar-refractivity contribution in [2.45, 2.75) is 33.0 Å². The highest BCUT2D eigenvalue weighted by Gasteiger charge is 2.34. The molecule has 17 heavy (non-hydrogen) atoms. The van der Waals surface area contributed by atoms with Crippen molar-refractivity contribution in [1.82, 2.24) is 0 Å². The lowest BCUT2D eigenvalue weighted by molar-refractivity contribution is -0.235. The monoisotopic (exact) mass is 254 g/mol. The first kappa shape index (κ1) is 12.9. The van der Waals surface area contributed by atoms with E-state index in [2.05, 4.69) is 13.8 Å². The Labute approximate surface area is 108 Å². The van der Waals surface area contributed by atoms with Gasteiger partial charge in [0, 0.05) is 16.0 Å². The van der Waals surface area contributed by atoms with Crippen molar-refractivity contribution in [3.8, 4) is 0 Å². The first-order valence-electron chi connectivity index (χ1n) is 6.18. The Balaban J connectivity index is 2.07. The molecule has 0 bridgehead atoms. The van der Waals surface area contributed by atoms with Crippen molar-refractivity contribution in [2.24, 2.45) is 5.41 Å². The zero-order valence-electron chi connectivity index (χ0n) is 10.4. The van der Waals surface area contributed by atoms with Crippen molar-refractivity contribution in [1.29, 1.82) is 0 Å². The van der Waals surface area contributed by atoms with Crippen molar-refractivity contribution in [3.05, 3.63) is 34.9 Å². The number of benzene rings is 1. The van der Waals surface area contributed by atoms with Crippen molar-refractivity contribution < 1.29 is 9.47 Å². The molecule has 0 aliphatic carbocycles. The van der Waals surface area contributed by atoms with Crippen LogP contribution in [-0.2, 0) is 9.47 Å². The second-order valence-corrected chi connectivity index (χ2v) is 5.09. The van der Waals surface area contributed by atoms with Crippen LogP contribution in [0.3, 0.4) is 0 Å². The van der Waals surface area contributed by atoms with Crippen molar-refractivity contribution >= 4 is 11.6 Å². The molecule has 1 fully saturated rings. The van der Waals surface area contributed by atoms with E-state index in [4.69, 9.17) is 21.1 Å². The van der Waals surface area contributed by atoms with Crippen LogP contribution in [0.2, 0.25) is 5.02 Å². The maximum Gasteiger partial charge on any atom is 0.185 e.